The number of aromatic nitrogens is 1. The molecule has 2 heterocycles. The highest BCUT2D eigenvalue weighted by Gasteiger charge is 2.33. The van der Waals surface area contributed by atoms with Gasteiger partial charge < -0.3 is 9.80 Å². The molecular formula is C20H13ClF5N3O. The molecular weight excluding hydrogens is 429 g/mol. The Kier molecular flexibility index (Phi) is 5.23. The van der Waals surface area contributed by atoms with Crippen molar-refractivity contribution in [2.24, 2.45) is 0 Å². The van der Waals surface area contributed by atoms with E-state index in [0.717, 1.165) is 16.0 Å². The number of amides is 1. The molecule has 156 valence electrons. The van der Waals surface area contributed by atoms with E-state index in [4.69, 9.17) is 11.6 Å². The molecule has 0 saturated carbocycles. The number of carbonyl (C=O) groups is 1. The second kappa shape index (κ2) is 7.71. The first-order chi connectivity index (χ1) is 14.3. The molecule has 0 unspecified atom stereocenters. The fraction of sp³-hybridized carbons (Fsp3) is 0.200. The highest BCUT2D eigenvalue weighted by molar-refractivity contribution is 6.31. The van der Waals surface area contributed by atoms with Crippen LogP contribution in [0.5, 0.6) is 0 Å². The molecule has 0 spiro atoms. The molecule has 4 nitrogen and oxygen atoms in total. The smallest absolute Gasteiger partial charge is 0.260 e. The zero-order chi connectivity index (χ0) is 21.6. The Hall–Kier alpha value is -2.94. The fourth-order valence-electron chi connectivity index (χ4n) is 3.48. The third-order valence-corrected chi connectivity index (χ3v) is 5.25. The van der Waals surface area contributed by atoms with Crippen molar-refractivity contribution in [3.63, 3.8) is 0 Å². The quantitative estimate of drug-likeness (QED) is 0.333. The van der Waals surface area contributed by atoms with Crippen molar-refractivity contribution in [2.75, 3.05) is 31.1 Å². The number of fused-ring (bicyclic) bond motifs is 1. The lowest BCUT2D eigenvalue weighted by Crippen LogP contribution is -2.49. The summed E-state index contributed by atoms with van der Waals surface area (Å²) in [4.78, 5) is 19.8. The van der Waals surface area contributed by atoms with Crippen LogP contribution in [0.25, 0.3) is 10.9 Å². The molecule has 0 bridgehead atoms. The molecule has 0 aliphatic carbocycles. The van der Waals surface area contributed by atoms with Crippen LogP contribution in [0.15, 0.2) is 30.5 Å². The number of anilines is 1. The number of nitrogens with zero attached hydrogens (tertiary/aromatic N) is 3. The summed E-state index contributed by atoms with van der Waals surface area (Å²) in [7, 11) is 0. The molecule has 1 aliphatic rings. The van der Waals surface area contributed by atoms with E-state index in [0.29, 0.717) is 23.6 Å². The number of pyridine rings is 1. The van der Waals surface area contributed by atoms with Crippen LogP contribution in [0.3, 0.4) is 0 Å². The monoisotopic (exact) mass is 441 g/mol. The second-order valence-corrected chi connectivity index (χ2v) is 7.15. The molecule has 0 atom stereocenters. The van der Waals surface area contributed by atoms with Crippen molar-refractivity contribution in [1.82, 2.24) is 9.88 Å². The summed E-state index contributed by atoms with van der Waals surface area (Å²) < 4.78 is 68.0. The maximum atomic E-state index is 14.0. The van der Waals surface area contributed by atoms with Gasteiger partial charge in [0, 0.05) is 48.5 Å². The van der Waals surface area contributed by atoms with Crippen LogP contribution < -0.4 is 4.90 Å². The predicted octanol–water partition coefficient (Wildman–Crippen LogP) is 4.55. The number of hydrogen-bond acceptors (Lipinski definition) is 3. The third kappa shape index (κ3) is 3.32. The van der Waals surface area contributed by atoms with Gasteiger partial charge in [-0.1, -0.05) is 11.6 Å². The number of rotatable bonds is 2. The Bertz CT molecular complexity index is 1140. The van der Waals surface area contributed by atoms with Crippen LogP contribution in [0.4, 0.5) is 27.6 Å². The van der Waals surface area contributed by atoms with Gasteiger partial charge in [-0.15, -0.1) is 0 Å². The highest BCUT2D eigenvalue weighted by Crippen LogP contribution is 2.29. The Labute approximate surface area is 172 Å². The van der Waals surface area contributed by atoms with E-state index in [1.807, 2.05) is 11.0 Å². The van der Waals surface area contributed by atoms with Crippen LogP contribution in [-0.4, -0.2) is 42.0 Å². The van der Waals surface area contributed by atoms with E-state index < -0.39 is 40.6 Å². The summed E-state index contributed by atoms with van der Waals surface area (Å²) in [5.74, 6) is -12.1. The molecule has 1 aromatic heterocycles. The first-order valence-corrected chi connectivity index (χ1v) is 9.27. The average Bonchev–Trinajstić information content (AvgIpc) is 2.76. The van der Waals surface area contributed by atoms with Gasteiger partial charge in [0.15, 0.2) is 23.3 Å². The summed E-state index contributed by atoms with van der Waals surface area (Å²) >= 11 is 5.99. The summed E-state index contributed by atoms with van der Waals surface area (Å²) in [5.41, 5.74) is 0.0729. The number of carbonyl (C=O) groups excluding carboxylic acids is 1. The minimum atomic E-state index is -2.30. The lowest BCUT2D eigenvalue weighted by molar-refractivity contribution is 0.0733. The maximum absolute atomic E-state index is 14.0. The van der Waals surface area contributed by atoms with Crippen molar-refractivity contribution in [3.05, 3.63) is 70.1 Å². The lowest BCUT2D eigenvalue weighted by atomic mass is 10.1. The largest absolute Gasteiger partial charge is 0.367 e. The highest BCUT2D eigenvalue weighted by atomic mass is 35.5. The standard InChI is InChI=1S/C20H13ClF5N3O/c21-10-1-2-11-12(9-10)27-4-3-13(11)28-5-7-29(8-6-28)20(30)14-15(22)17(24)19(26)18(25)16(14)23/h1-4,9H,5-8H2. The average molecular weight is 442 g/mol. The van der Waals surface area contributed by atoms with Crippen LogP contribution in [0.2, 0.25) is 5.02 Å². The normalized spacial score (nSPS) is 14.5. The van der Waals surface area contributed by atoms with Crippen molar-refractivity contribution in [2.45, 2.75) is 0 Å². The van der Waals surface area contributed by atoms with Gasteiger partial charge in [0.1, 0.15) is 5.56 Å². The van der Waals surface area contributed by atoms with Crippen LogP contribution in [0.1, 0.15) is 10.4 Å². The predicted molar refractivity (Wildman–Crippen MR) is 101 cm³/mol. The molecule has 4 rings (SSSR count). The van der Waals surface area contributed by atoms with E-state index in [-0.39, 0.29) is 13.1 Å². The van der Waals surface area contributed by atoms with Crippen molar-refractivity contribution < 1.29 is 26.7 Å². The van der Waals surface area contributed by atoms with E-state index >= 15 is 0 Å². The van der Waals surface area contributed by atoms with Gasteiger partial charge in [-0.25, -0.2) is 22.0 Å². The zero-order valence-corrected chi connectivity index (χ0v) is 16.0. The molecule has 1 amide bonds. The van der Waals surface area contributed by atoms with Gasteiger partial charge >= 0.3 is 0 Å². The molecule has 3 aromatic rings. The van der Waals surface area contributed by atoms with Gasteiger partial charge in [-0.3, -0.25) is 9.78 Å². The molecule has 0 N–H and O–H groups in total. The summed E-state index contributed by atoms with van der Waals surface area (Å²) in [6.07, 6.45) is 1.61. The number of halogens is 6. The Morgan fingerprint density at radius 1 is 0.867 bits per heavy atom. The molecule has 1 aliphatic heterocycles. The molecule has 2 aromatic carbocycles. The number of piperazine rings is 1. The van der Waals surface area contributed by atoms with Gasteiger partial charge in [-0.05, 0) is 24.3 Å². The number of hydrogen-bond donors (Lipinski definition) is 0. The Morgan fingerprint density at radius 2 is 1.47 bits per heavy atom. The van der Waals surface area contributed by atoms with Crippen LogP contribution >= 0.6 is 11.6 Å². The van der Waals surface area contributed by atoms with Crippen molar-refractivity contribution >= 4 is 34.1 Å². The van der Waals surface area contributed by atoms with E-state index in [2.05, 4.69) is 4.98 Å². The van der Waals surface area contributed by atoms with E-state index in [1.165, 1.54) is 0 Å². The SMILES string of the molecule is O=C(c1c(F)c(F)c(F)c(F)c1F)N1CCN(c2ccnc3cc(Cl)ccc23)CC1. The van der Waals surface area contributed by atoms with Gasteiger partial charge in [-0.2, -0.15) is 0 Å². The molecule has 10 heteroatoms. The van der Waals surface area contributed by atoms with Crippen molar-refractivity contribution in [3.8, 4) is 0 Å². The van der Waals surface area contributed by atoms with Gasteiger partial charge in [0.25, 0.3) is 5.91 Å². The second-order valence-electron chi connectivity index (χ2n) is 6.72. The van der Waals surface area contributed by atoms with Crippen LogP contribution in [-0.2, 0) is 0 Å². The molecule has 1 fully saturated rings. The van der Waals surface area contributed by atoms with E-state index in [1.54, 1.807) is 24.4 Å². The Balaban J connectivity index is 1.57. The van der Waals surface area contributed by atoms with E-state index in [9.17, 15) is 26.7 Å². The third-order valence-electron chi connectivity index (χ3n) is 5.01. The Morgan fingerprint density at radius 3 is 2.10 bits per heavy atom. The number of benzene rings is 2. The summed E-state index contributed by atoms with van der Waals surface area (Å²) in [6, 6.07) is 7.03. The molecule has 30 heavy (non-hydrogen) atoms. The fourth-order valence-corrected chi connectivity index (χ4v) is 3.65. The topological polar surface area (TPSA) is 36.4 Å². The maximum Gasteiger partial charge on any atom is 0.260 e. The van der Waals surface area contributed by atoms with Crippen LogP contribution in [0, 0.1) is 29.1 Å². The molecule has 0 radical (unpaired) electrons. The van der Waals surface area contributed by atoms with Gasteiger partial charge in [0.2, 0.25) is 5.82 Å². The zero-order valence-electron chi connectivity index (χ0n) is 15.2. The minimum Gasteiger partial charge on any atom is -0.367 e. The van der Waals surface area contributed by atoms with Crippen molar-refractivity contribution in [1.29, 1.82) is 0 Å². The first-order valence-electron chi connectivity index (χ1n) is 8.89. The summed E-state index contributed by atoms with van der Waals surface area (Å²) in [5, 5.41) is 1.37. The first kappa shape index (κ1) is 20.3. The minimum absolute atomic E-state index is 0.0374. The molecule has 1 saturated heterocycles. The summed E-state index contributed by atoms with van der Waals surface area (Å²) in [6.45, 7) is 0.664. The lowest BCUT2D eigenvalue weighted by Gasteiger charge is -2.36. The van der Waals surface area contributed by atoms with Gasteiger partial charge in [0.05, 0.1) is 5.52 Å².